The second-order valence-electron chi connectivity index (χ2n) is 4.66. The third kappa shape index (κ3) is 2.05. The van der Waals surface area contributed by atoms with Crippen LogP contribution >= 0.6 is 0 Å². The van der Waals surface area contributed by atoms with Crippen LogP contribution in [0.4, 0.5) is 0 Å². The van der Waals surface area contributed by atoms with E-state index in [4.69, 9.17) is 0 Å². The van der Waals surface area contributed by atoms with E-state index in [0.717, 1.165) is 18.5 Å². The Balaban J connectivity index is 2.62. The number of carbonyl (C=O) groups excluding carboxylic acids is 1. The lowest BCUT2D eigenvalue weighted by Crippen LogP contribution is -2.34. The summed E-state index contributed by atoms with van der Waals surface area (Å²) >= 11 is 0. The number of aliphatic hydroxyl groups is 1. The van der Waals surface area contributed by atoms with Crippen molar-refractivity contribution in [3.8, 4) is 0 Å². The number of pyridine rings is 1. The largest absolute Gasteiger partial charge is 0.391 e. The standard InChI is InChI=1S/C13H17NO3/c1-8(9(2)15)14-11-4-3-5-12(16)10(11)6-7-13(14)17/h6-9,15H,3-5H2,1-2H3. The van der Waals surface area contributed by atoms with Crippen molar-refractivity contribution < 1.29 is 9.90 Å². The number of hydrogen-bond acceptors (Lipinski definition) is 3. The van der Waals surface area contributed by atoms with E-state index in [1.54, 1.807) is 24.5 Å². The highest BCUT2D eigenvalue weighted by molar-refractivity contribution is 5.97. The molecule has 0 amide bonds. The molecule has 1 aliphatic carbocycles. The van der Waals surface area contributed by atoms with E-state index in [0.29, 0.717) is 12.0 Å². The lowest BCUT2D eigenvalue weighted by Gasteiger charge is -2.25. The second-order valence-corrected chi connectivity index (χ2v) is 4.66. The van der Waals surface area contributed by atoms with Gasteiger partial charge in [0.25, 0.3) is 5.56 Å². The summed E-state index contributed by atoms with van der Waals surface area (Å²) in [5.41, 5.74) is 1.28. The molecule has 0 bridgehead atoms. The number of hydrogen-bond donors (Lipinski definition) is 1. The minimum atomic E-state index is -0.615. The summed E-state index contributed by atoms with van der Waals surface area (Å²) in [6.07, 6.45) is 1.45. The van der Waals surface area contributed by atoms with Crippen LogP contribution in [0.3, 0.4) is 0 Å². The normalized spacial score (nSPS) is 18.6. The van der Waals surface area contributed by atoms with E-state index in [1.807, 2.05) is 0 Å². The highest BCUT2D eigenvalue weighted by Gasteiger charge is 2.24. The van der Waals surface area contributed by atoms with Crippen LogP contribution in [-0.4, -0.2) is 21.6 Å². The topological polar surface area (TPSA) is 59.3 Å². The average molecular weight is 235 g/mol. The first-order chi connectivity index (χ1) is 8.02. The maximum Gasteiger partial charge on any atom is 0.251 e. The predicted molar refractivity (Wildman–Crippen MR) is 64.4 cm³/mol. The van der Waals surface area contributed by atoms with E-state index in [9.17, 15) is 14.7 Å². The molecule has 2 unspecified atom stereocenters. The van der Waals surface area contributed by atoms with Crippen molar-refractivity contribution in [1.29, 1.82) is 0 Å². The Morgan fingerprint density at radius 1 is 1.24 bits per heavy atom. The molecule has 1 aliphatic rings. The number of rotatable bonds is 2. The molecule has 0 fully saturated rings. The zero-order valence-corrected chi connectivity index (χ0v) is 10.1. The third-order valence-corrected chi connectivity index (χ3v) is 3.45. The molecule has 1 aromatic rings. The van der Waals surface area contributed by atoms with Gasteiger partial charge in [0.15, 0.2) is 5.78 Å². The Morgan fingerprint density at radius 2 is 1.94 bits per heavy atom. The van der Waals surface area contributed by atoms with Crippen molar-refractivity contribution >= 4 is 5.78 Å². The zero-order chi connectivity index (χ0) is 12.6. The van der Waals surface area contributed by atoms with E-state index < -0.39 is 6.10 Å². The number of fused-ring (bicyclic) bond motifs is 1. The number of ketones is 1. The lowest BCUT2D eigenvalue weighted by atomic mass is 9.94. The predicted octanol–water partition coefficient (Wildman–Crippen LogP) is 1.31. The van der Waals surface area contributed by atoms with Crippen LogP contribution in [0.2, 0.25) is 0 Å². The zero-order valence-electron chi connectivity index (χ0n) is 10.1. The Labute approximate surface area is 99.9 Å². The molecule has 2 atom stereocenters. The lowest BCUT2D eigenvalue weighted by molar-refractivity contribution is 0.0964. The van der Waals surface area contributed by atoms with Gasteiger partial charge in [-0.05, 0) is 32.8 Å². The first kappa shape index (κ1) is 12.0. The number of aromatic nitrogens is 1. The fraction of sp³-hybridized carbons (Fsp3) is 0.538. The fourth-order valence-electron chi connectivity index (χ4n) is 2.32. The minimum absolute atomic E-state index is 0.0952. The van der Waals surface area contributed by atoms with Crippen molar-refractivity contribution in [1.82, 2.24) is 4.57 Å². The van der Waals surface area contributed by atoms with Crippen LogP contribution in [-0.2, 0) is 6.42 Å². The maximum atomic E-state index is 11.9. The third-order valence-electron chi connectivity index (χ3n) is 3.45. The summed E-state index contributed by atoms with van der Waals surface area (Å²) in [6.45, 7) is 3.45. The van der Waals surface area contributed by atoms with Gasteiger partial charge in [0.1, 0.15) is 0 Å². The summed E-state index contributed by atoms with van der Waals surface area (Å²) in [7, 11) is 0. The molecule has 4 heteroatoms. The van der Waals surface area contributed by atoms with Gasteiger partial charge in [-0.15, -0.1) is 0 Å². The van der Waals surface area contributed by atoms with Crippen LogP contribution in [0.5, 0.6) is 0 Å². The summed E-state index contributed by atoms with van der Waals surface area (Å²) in [6, 6.07) is 2.73. The molecule has 0 saturated heterocycles. The molecule has 1 N–H and O–H groups in total. The molecule has 0 saturated carbocycles. The molecule has 0 spiro atoms. The van der Waals surface area contributed by atoms with Crippen LogP contribution in [0.15, 0.2) is 16.9 Å². The summed E-state index contributed by atoms with van der Waals surface area (Å²) < 4.78 is 1.57. The smallest absolute Gasteiger partial charge is 0.251 e. The fourth-order valence-corrected chi connectivity index (χ4v) is 2.32. The molecule has 2 rings (SSSR count). The van der Waals surface area contributed by atoms with E-state index in [1.165, 1.54) is 6.07 Å². The van der Waals surface area contributed by atoms with Crippen molar-refractivity contribution in [2.45, 2.75) is 45.3 Å². The van der Waals surface area contributed by atoms with Crippen molar-refractivity contribution in [2.24, 2.45) is 0 Å². The molecule has 1 heterocycles. The molecule has 0 aliphatic heterocycles. The van der Waals surface area contributed by atoms with Crippen LogP contribution in [0, 0.1) is 0 Å². The molecule has 4 nitrogen and oxygen atoms in total. The molecular formula is C13H17NO3. The first-order valence-electron chi connectivity index (χ1n) is 5.98. The Kier molecular flexibility index (Phi) is 3.15. The van der Waals surface area contributed by atoms with Crippen LogP contribution in [0.1, 0.15) is 48.8 Å². The molecule has 1 aromatic heterocycles. The van der Waals surface area contributed by atoms with Crippen LogP contribution in [0.25, 0.3) is 0 Å². The SMILES string of the molecule is CC(O)C(C)n1c2c(ccc1=O)C(=O)CCC2. The van der Waals surface area contributed by atoms with E-state index in [2.05, 4.69) is 0 Å². The maximum absolute atomic E-state index is 11.9. The van der Waals surface area contributed by atoms with Gasteiger partial charge >= 0.3 is 0 Å². The molecular weight excluding hydrogens is 218 g/mol. The molecule has 0 aromatic carbocycles. The van der Waals surface area contributed by atoms with Crippen molar-refractivity contribution in [3.63, 3.8) is 0 Å². The Bertz CT molecular complexity index is 502. The minimum Gasteiger partial charge on any atom is -0.391 e. The van der Waals surface area contributed by atoms with Gasteiger partial charge in [-0.1, -0.05) is 0 Å². The molecule has 17 heavy (non-hydrogen) atoms. The number of carbonyl (C=O) groups is 1. The summed E-state index contributed by atoms with van der Waals surface area (Å²) in [5.74, 6) is 0.0952. The average Bonchev–Trinajstić information content (AvgIpc) is 2.28. The highest BCUT2D eigenvalue weighted by Crippen LogP contribution is 2.22. The monoisotopic (exact) mass is 235 g/mol. The summed E-state index contributed by atoms with van der Waals surface area (Å²) in [4.78, 5) is 23.6. The van der Waals surface area contributed by atoms with Crippen LogP contribution < -0.4 is 5.56 Å². The van der Waals surface area contributed by atoms with E-state index >= 15 is 0 Å². The van der Waals surface area contributed by atoms with Crippen molar-refractivity contribution in [2.75, 3.05) is 0 Å². The molecule has 0 radical (unpaired) electrons. The second kappa shape index (κ2) is 4.45. The number of nitrogens with zero attached hydrogens (tertiary/aromatic N) is 1. The van der Waals surface area contributed by atoms with Crippen molar-refractivity contribution in [3.05, 3.63) is 33.7 Å². The molecule has 92 valence electrons. The van der Waals surface area contributed by atoms with Gasteiger partial charge in [0.2, 0.25) is 0 Å². The number of aliphatic hydroxyl groups excluding tert-OH is 1. The van der Waals surface area contributed by atoms with Gasteiger partial charge in [-0.3, -0.25) is 9.59 Å². The van der Waals surface area contributed by atoms with Gasteiger partial charge in [0, 0.05) is 23.7 Å². The van der Waals surface area contributed by atoms with E-state index in [-0.39, 0.29) is 17.4 Å². The highest BCUT2D eigenvalue weighted by atomic mass is 16.3. The van der Waals surface area contributed by atoms with Gasteiger partial charge in [-0.2, -0.15) is 0 Å². The Morgan fingerprint density at radius 3 is 2.59 bits per heavy atom. The van der Waals surface area contributed by atoms with Gasteiger partial charge in [-0.25, -0.2) is 0 Å². The van der Waals surface area contributed by atoms with Gasteiger partial charge in [0.05, 0.1) is 12.1 Å². The Hall–Kier alpha value is -1.42. The quantitative estimate of drug-likeness (QED) is 0.840. The summed E-state index contributed by atoms with van der Waals surface area (Å²) in [5, 5.41) is 9.62. The first-order valence-corrected chi connectivity index (χ1v) is 5.98. The van der Waals surface area contributed by atoms with Gasteiger partial charge < -0.3 is 9.67 Å². The number of Topliss-reactive ketones (excluding diaryl/α,β-unsaturated/α-hetero) is 1.